The van der Waals surface area contributed by atoms with Crippen molar-refractivity contribution in [2.24, 2.45) is 0 Å². The Hall–Kier alpha value is -3.25. The van der Waals surface area contributed by atoms with Gasteiger partial charge in [0.2, 0.25) is 10.9 Å². The molecule has 17 heteroatoms. The molecule has 0 N–H and O–H groups in total. The molecule has 0 amide bonds. The lowest BCUT2D eigenvalue weighted by molar-refractivity contribution is -0.385. The summed E-state index contributed by atoms with van der Waals surface area (Å²) in [6, 6.07) is 8.30. The molecule has 0 saturated heterocycles. The van der Waals surface area contributed by atoms with E-state index in [9.17, 15) is 46.7 Å². The molecule has 0 saturated carbocycles. The van der Waals surface area contributed by atoms with Crippen molar-refractivity contribution in [1.82, 2.24) is 0 Å². The largest absolute Gasteiger partial charge is 0.302 e. The number of hydrogen-bond acceptors (Lipinski definition) is 13. The molecule has 2 unspecified atom stereocenters. The maximum Gasteiger partial charge on any atom is 0.269 e. The minimum atomic E-state index is -4.32. The van der Waals surface area contributed by atoms with Gasteiger partial charge >= 0.3 is 0 Å². The maximum atomic E-state index is 12.5. The summed E-state index contributed by atoms with van der Waals surface area (Å²) in [7, 11) is -8.65. The number of benzene rings is 2. The third-order valence-corrected chi connectivity index (χ3v) is 8.29. The molecule has 0 aromatic heterocycles. The molecule has 2 aromatic rings. The van der Waals surface area contributed by atoms with Crippen LogP contribution in [0, 0.1) is 20.2 Å². The van der Waals surface area contributed by atoms with Gasteiger partial charge in [0, 0.05) is 24.3 Å². The lowest BCUT2D eigenvalue weighted by Gasteiger charge is -2.19. The minimum Gasteiger partial charge on any atom is -0.302 e. The zero-order chi connectivity index (χ0) is 26.2. The highest BCUT2D eigenvalue weighted by atomic mass is 32.2. The van der Waals surface area contributed by atoms with Gasteiger partial charge in [0.15, 0.2) is 32.0 Å². The second kappa shape index (κ2) is 11.9. The Morgan fingerprint density at radius 1 is 0.714 bits per heavy atom. The van der Waals surface area contributed by atoms with Gasteiger partial charge in [0.1, 0.15) is 24.1 Å². The number of carbonyl (C=O) groups excluding carboxylic acids is 2. The summed E-state index contributed by atoms with van der Waals surface area (Å²) in [5, 5.41) is 21.7. The minimum absolute atomic E-state index is 0.0724. The number of carbonyl (C=O) groups is 2. The highest BCUT2D eigenvalue weighted by molar-refractivity contribution is 7.95. The van der Waals surface area contributed by atoms with E-state index in [0.29, 0.717) is 0 Å². The zero-order valence-electron chi connectivity index (χ0n) is 17.4. The van der Waals surface area contributed by atoms with Gasteiger partial charge in [0.05, 0.1) is 9.85 Å². The van der Waals surface area contributed by atoms with E-state index in [1.54, 1.807) is 0 Å². The quantitative estimate of drug-likeness (QED) is 0.143. The van der Waals surface area contributed by atoms with Gasteiger partial charge in [0.25, 0.3) is 11.4 Å². The van der Waals surface area contributed by atoms with Crippen LogP contribution in [-0.2, 0) is 37.6 Å². The van der Waals surface area contributed by atoms with E-state index in [1.165, 1.54) is 0 Å². The highest BCUT2D eigenvalue weighted by Gasteiger charge is 2.33. The Kier molecular flexibility index (Phi) is 9.55. The van der Waals surface area contributed by atoms with Crippen LogP contribution in [0.2, 0.25) is 0 Å². The first kappa shape index (κ1) is 28.0. The summed E-state index contributed by atoms with van der Waals surface area (Å²) < 4.78 is 60.3. The van der Waals surface area contributed by atoms with Crippen LogP contribution < -0.4 is 0 Å². The summed E-state index contributed by atoms with van der Waals surface area (Å²) >= 11 is -0.0724. The molecule has 0 aliphatic rings. The molecule has 35 heavy (non-hydrogen) atoms. The van der Waals surface area contributed by atoms with Gasteiger partial charge in [-0.05, 0) is 35.4 Å². The number of hydrogen-bond donors (Lipinski definition) is 0. The summed E-state index contributed by atoms with van der Waals surface area (Å²) in [5.74, 6) is -1.96. The van der Waals surface area contributed by atoms with Crippen LogP contribution in [0.5, 0.6) is 0 Å². The summed E-state index contributed by atoms with van der Waals surface area (Å²) in [6.45, 7) is 0. The number of nitrogens with zero attached hydrogens (tertiary/aromatic N) is 2. The number of rotatable bonds is 14. The van der Waals surface area contributed by atoms with Crippen molar-refractivity contribution >= 4 is 55.9 Å². The van der Waals surface area contributed by atoms with E-state index in [4.69, 9.17) is 8.37 Å². The topological polar surface area (TPSA) is 207 Å². The molecular formula is C18H16N2O12S3. The number of nitro benzene ring substituents is 2. The predicted molar refractivity (Wildman–Crippen MR) is 121 cm³/mol. The highest BCUT2D eigenvalue weighted by Crippen LogP contribution is 2.35. The molecule has 0 aliphatic carbocycles. The van der Waals surface area contributed by atoms with Gasteiger partial charge < -0.3 is 9.59 Å². The van der Waals surface area contributed by atoms with Crippen LogP contribution in [-0.4, -0.2) is 50.8 Å². The van der Waals surface area contributed by atoms with Crippen molar-refractivity contribution in [2.45, 2.75) is 10.9 Å². The average molecular weight is 549 g/mol. The Balaban J connectivity index is 2.34. The normalized spacial score (nSPS) is 13.5. The first-order chi connectivity index (χ1) is 16.4. The fraction of sp³-hybridized carbons (Fsp3) is 0.222. The smallest absolute Gasteiger partial charge is 0.269 e. The first-order valence-electron chi connectivity index (χ1n) is 9.21. The fourth-order valence-corrected chi connectivity index (χ4v) is 6.04. The van der Waals surface area contributed by atoms with E-state index < -0.39 is 51.9 Å². The first-order valence-corrected chi connectivity index (χ1v) is 13.3. The second-order valence-corrected chi connectivity index (χ2v) is 11.3. The summed E-state index contributed by atoms with van der Waals surface area (Å²) in [4.78, 5) is 41.9. The van der Waals surface area contributed by atoms with Gasteiger partial charge in [-0.15, -0.1) is 0 Å². The fourth-order valence-electron chi connectivity index (χ4n) is 2.61. The van der Waals surface area contributed by atoms with Crippen LogP contribution in [0.15, 0.2) is 48.5 Å². The zero-order valence-corrected chi connectivity index (χ0v) is 19.8. The Labute approximate surface area is 202 Å². The van der Waals surface area contributed by atoms with E-state index in [0.717, 1.165) is 48.5 Å². The third kappa shape index (κ3) is 7.36. The molecule has 2 aromatic carbocycles. The van der Waals surface area contributed by atoms with Crippen molar-refractivity contribution in [2.75, 3.05) is 11.5 Å². The van der Waals surface area contributed by atoms with E-state index >= 15 is 0 Å². The molecule has 188 valence electrons. The Morgan fingerprint density at radius 3 is 1.29 bits per heavy atom. The molecular weight excluding hydrogens is 532 g/mol. The Morgan fingerprint density at radius 2 is 1.03 bits per heavy atom. The third-order valence-electron chi connectivity index (χ3n) is 4.26. The molecule has 0 bridgehead atoms. The van der Waals surface area contributed by atoms with Crippen LogP contribution in [0.25, 0.3) is 0 Å². The van der Waals surface area contributed by atoms with Crippen LogP contribution in [0.4, 0.5) is 11.4 Å². The molecule has 0 fully saturated rings. The van der Waals surface area contributed by atoms with Gasteiger partial charge in [-0.25, -0.2) is 16.8 Å². The maximum absolute atomic E-state index is 12.5. The molecule has 0 heterocycles. The molecule has 2 rings (SSSR count). The number of sulfone groups is 2. The lowest BCUT2D eigenvalue weighted by Crippen LogP contribution is -2.21. The second-order valence-electron chi connectivity index (χ2n) is 6.61. The number of non-ortho nitro benzene ring substituents is 2. The van der Waals surface area contributed by atoms with E-state index in [2.05, 4.69) is 0 Å². The molecule has 0 spiro atoms. The van der Waals surface area contributed by atoms with E-state index in [1.807, 2.05) is 0 Å². The average Bonchev–Trinajstić information content (AvgIpc) is 2.79. The molecule has 0 aliphatic heterocycles. The molecule has 2 atom stereocenters. The van der Waals surface area contributed by atoms with Crippen molar-refractivity contribution in [3.8, 4) is 0 Å². The predicted octanol–water partition coefficient (Wildman–Crippen LogP) is 2.02. The molecule has 14 nitrogen and oxygen atoms in total. The Bertz CT molecular complexity index is 1190. The van der Waals surface area contributed by atoms with Crippen LogP contribution in [0.3, 0.4) is 0 Å². The van der Waals surface area contributed by atoms with Crippen LogP contribution >= 0.6 is 12.3 Å². The number of nitro groups is 2. The lowest BCUT2D eigenvalue weighted by atomic mass is 10.2. The molecule has 0 radical (unpaired) electrons. The van der Waals surface area contributed by atoms with Crippen molar-refractivity contribution < 1.29 is 44.6 Å². The van der Waals surface area contributed by atoms with Crippen molar-refractivity contribution in [3.05, 3.63) is 79.9 Å². The van der Waals surface area contributed by atoms with Crippen LogP contribution in [0.1, 0.15) is 22.0 Å². The summed E-state index contributed by atoms with van der Waals surface area (Å²) in [6.07, 6.45) is 0.188. The number of aldehydes is 2. The SMILES string of the molecule is O=CCS(=O)(=O)C(OSOC(c1ccc([N+](=O)[O-])cc1)S(=O)(=O)CC=O)c1ccc([N+](=O)[O-])cc1. The monoisotopic (exact) mass is 548 g/mol. The summed E-state index contributed by atoms with van der Waals surface area (Å²) in [5.41, 5.74) is -4.69. The standard InChI is InChI=1S/C18H16N2O12S3/c21-9-11-34(27,28)17(13-1-5-15(6-2-13)19(23)24)31-33-32-18(35(29,30)12-10-22)14-3-7-16(8-4-14)20(25)26/h1-10,17-18H,11-12H2. The van der Waals surface area contributed by atoms with Crippen molar-refractivity contribution in [3.63, 3.8) is 0 Å². The van der Waals surface area contributed by atoms with Crippen molar-refractivity contribution in [1.29, 1.82) is 0 Å². The van der Waals surface area contributed by atoms with Gasteiger partial charge in [-0.3, -0.25) is 28.6 Å². The van der Waals surface area contributed by atoms with Gasteiger partial charge in [-0.2, -0.15) is 0 Å². The van der Waals surface area contributed by atoms with Gasteiger partial charge in [-0.1, -0.05) is 0 Å². The van der Waals surface area contributed by atoms with E-state index in [-0.39, 0.29) is 47.4 Å².